The zero-order valence-electron chi connectivity index (χ0n) is 10.9. The van der Waals surface area contributed by atoms with Gasteiger partial charge in [0.2, 0.25) is 0 Å². The van der Waals surface area contributed by atoms with Crippen LogP contribution in [0.15, 0.2) is 4.47 Å². The summed E-state index contributed by atoms with van der Waals surface area (Å²) < 4.78 is 7.90. The first kappa shape index (κ1) is 13.4. The Morgan fingerprint density at radius 3 is 3.00 bits per heavy atom. The van der Waals surface area contributed by atoms with Crippen molar-refractivity contribution in [1.29, 1.82) is 0 Å². The predicted octanol–water partition coefficient (Wildman–Crippen LogP) is 2.37. The van der Waals surface area contributed by atoms with E-state index in [1.165, 1.54) is 0 Å². The number of nitrogens with one attached hydrogen (secondary N) is 1. The van der Waals surface area contributed by atoms with Crippen LogP contribution in [0.25, 0.3) is 0 Å². The molecule has 0 fully saturated rings. The Kier molecular flexibility index (Phi) is 3.94. The lowest BCUT2D eigenvalue weighted by Crippen LogP contribution is -2.34. The van der Waals surface area contributed by atoms with E-state index in [9.17, 15) is 4.79 Å². The molecule has 0 aliphatic carbocycles. The Morgan fingerprint density at radius 2 is 2.39 bits per heavy atom. The van der Waals surface area contributed by atoms with Gasteiger partial charge >= 0.3 is 5.97 Å². The Labute approximate surface area is 115 Å². The number of aromatic nitrogens is 2. The van der Waals surface area contributed by atoms with E-state index in [1.807, 2.05) is 11.6 Å². The third-order valence-electron chi connectivity index (χ3n) is 3.00. The van der Waals surface area contributed by atoms with Crippen molar-refractivity contribution in [3.05, 3.63) is 10.2 Å². The van der Waals surface area contributed by atoms with Crippen LogP contribution < -0.4 is 5.32 Å². The number of hydrogen-bond donors (Lipinski definition) is 1. The molecule has 2 rings (SSSR count). The molecule has 0 saturated heterocycles. The number of esters is 1. The summed E-state index contributed by atoms with van der Waals surface area (Å²) >= 11 is 3.56. The molecule has 1 aromatic rings. The van der Waals surface area contributed by atoms with Crippen molar-refractivity contribution >= 4 is 27.7 Å². The average molecular weight is 316 g/mol. The quantitative estimate of drug-likeness (QED) is 0.870. The summed E-state index contributed by atoms with van der Waals surface area (Å²) in [5.74, 6) is 0.984. The highest BCUT2D eigenvalue weighted by Gasteiger charge is 2.29. The smallest absolute Gasteiger partial charge is 0.312 e. The monoisotopic (exact) mass is 315 g/mol. The number of anilines is 1. The van der Waals surface area contributed by atoms with Gasteiger partial charge < -0.3 is 10.1 Å². The zero-order valence-corrected chi connectivity index (χ0v) is 12.5. The number of halogens is 1. The van der Waals surface area contributed by atoms with Crippen molar-refractivity contribution < 1.29 is 9.53 Å². The highest BCUT2D eigenvalue weighted by atomic mass is 79.9. The maximum atomic E-state index is 11.7. The molecule has 0 bridgehead atoms. The van der Waals surface area contributed by atoms with E-state index < -0.39 is 0 Å². The van der Waals surface area contributed by atoms with Crippen LogP contribution in [0.4, 0.5) is 5.82 Å². The molecule has 1 N–H and O–H groups in total. The number of rotatable bonds is 3. The third kappa shape index (κ3) is 2.39. The Balaban J connectivity index is 2.20. The molecule has 6 heteroatoms. The number of carbonyl (C=O) groups excluding carboxylic acids is 1. The molecule has 1 aliphatic rings. The maximum absolute atomic E-state index is 11.7. The lowest BCUT2D eigenvalue weighted by molar-refractivity contribution is -0.148. The van der Waals surface area contributed by atoms with Crippen LogP contribution in [-0.2, 0) is 16.1 Å². The molecule has 2 heterocycles. The molecule has 5 nitrogen and oxygen atoms in total. The summed E-state index contributed by atoms with van der Waals surface area (Å²) in [6.45, 7) is 7.61. The number of fused-ring (bicyclic) bond motifs is 1. The van der Waals surface area contributed by atoms with Crippen LogP contribution in [0, 0.1) is 5.92 Å². The lowest BCUT2D eigenvalue weighted by Gasteiger charge is -2.23. The van der Waals surface area contributed by atoms with E-state index >= 15 is 0 Å². The fourth-order valence-electron chi connectivity index (χ4n) is 2.04. The minimum absolute atomic E-state index is 0.159. The summed E-state index contributed by atoms with van der Waals surface area (Å²) in [6.07, 6.45) is 0. The first-order valence-electron chi connectivity index (χ1n) is 6.21. The molecule has 1 atom stereocenters. The summed E-state index contributed by atoms with van der Waals surface area (Å²) in [4.78, 5) is 11.7. The van der Waals surface area contributed by atoms with Gasteiger partial charge in [-0.1, -0.05) is 13.8 Å². The van der Waals surface area contributed by atoms with Gasteiger partial charge in [-0.2, -0.15) is 5.10 Å². The van der Waals surface area contributed by atoms with Crippen molar-refractivity contribution in [2.45, 2.75) is 33.2 Å². The molecule has 0 spiro atoms. The molecule has 0 saturated carbocycles. The second kappa shape index (κ2) is 5.30. The Hall–Kier alpha value is -1.04. The molecule has 1 unspecified atom stereocenters. The molecule has 0 radical (unpaired) electrons. The highest BCUT2D eigenvalue weighted by molar-refractivity contribution is 9.10. The third-order valence-corrected chi connectivity index (χ3v) is 3.78. The van der Waals surface area contributed by atoms with Crippen LogP contribution in [-0.4, -0.2) is 28.9 Å². The van der Waals surface area contributed by atoms with Gasteiger partial charge in [0, 0.05) is 6.54 Å². The molecule has 0 aromatic carbocycles. The topological polar surface area (TPSA) is 56.1 Å². The average Bonchev–Trinajstić information content (AvgIpc) is 2.67. The summed E-state index contributed by atoms with van der Waals surface area (Å²) in [7, 11) is 0. The van der Waals surface area contributed by atoms with Crippen molar-refractivity contribution in [1.82, 2.24) is 9.78 Å². The minimum Gasteiger partial charge on any atom is -0.466 e. The second-order valence-electron chi connectivity index (χ2n) is 4.71. The number of ether oxygens (including phenoxy) is 1. The first-order valence-corrected chi connectivity index (χ1v) is 7.00. The number of carbonyl (C=O) groups is 1. The summed E-state index contributed by atoms with van der Waals surface area (Å²) in [5, 5.41) is 7.79. The van der Waals surface area contributed by atoms with Gasteiger partial charge in [-0.05, 0) is 28.8 Å². The van der Waals surface area contributed by atoms with Gasteiger partial charge in [-0.15, -0.1) is 0 Å². The number of hydrogen-bond acceptors (Lipinski definition) is 4. The molecular formula is C12H18BrN3O2. The van der Waals surface area contributed by atoms with Crippen molar-refractivity contribution in [2.24, 2.45) is 5.92 Å². The van der Waals surface area contributed by atoms with Crippen molar-refractivity contribution in [2.75, 3.05) is 18.5 Å². The Morgan fingerprint density at radius 1 is 1.67 bits per heavy atom. The van der Waals surface area contributed by atoms with E-state index in [1.54, 1.807) is 0 Å². The normalized spacial score (nSPS) is 18.4. The van der Waals surface area contributed by atoms with Crippen LogP contribution >= 0.6 is 15.9 Å². The van der Waals surface area contributed by atoms with Gasteiger partial charge in [0.15, 0.2) is 0 Å². The van der Waals surface area contributed by atoms with E-state index in [0.29, 0.717) is 25.6 Å². The minimum atomic E-state index is -0.163. The molecular weight excluding hydrogens is 298 g/mol. The lowest BCUT2D eigenvalue weighted by atomic mass is 10.1. The molecule has 1 aliphatic heterocycles. The number of nitrogens with zero attached hydrogens (tertiary/aromatic N) is 2. The maximum Gasteiger partial charge on any atom is 0.312 e. The fraction of sp³-hybridized carbons (Fsp3) is 0.667. The molecule has 100 valence electrons. The van der Waals surface area contributed by atoms with Gasteiger partial charge in [-0.3, -0.25) is 4.79 Å². The summed E-state index contributed by atoms with van der Waals surface area (Å²) in [6, 6.07) is 0. The van der Waals surface area contributed by atoms with Crippen LogP contribution in [0.2, 0.25) is 0 Å². The predicted molar refractivity (Wildman–Crippen MR) is 72.6 cm³/mol. The van der Waals surface area contributed by atoms with Crippen LogP contribution in [0.1, 0.15) is 32.4 Å². The van der Waals surface area contributed by atoms with E-state index in [2.05, 4.69) is 40.2 Å². The SMILES string of the molecule is CCOC(=O)C1CNc2c(Br)c(C(C)C)nn2C1. The van der Waals surface area contributed by atoms with Gasteiger partial charge in [0.1, 0.15) is 5.82 Å². The highest BCUT2D eigenvalue weighted by Crippen LogP contribution is 2.33. The van der Waals surface area contributed by atoms with Crippen LogP contribution in [0.3, 0.4) is 0 Å². The van der Waals surface area contributed by atoms with Gasteiger partial charge in [0.05, 0.1) is 29.2 Å². The van der Waals surface area contributed by atoms with Gasteiger partial charge in [0.25, 0.3) is 0 Å². The van der Waals surface area contributed by atoms with Gasteiger partial charge in [-0.25, -0.2) is 4.68 Å². The largest absolute Gasteiger partial charge is 0.466 e. The second-order valence-corrected chi connectivity index (χ2v) is 5.51. The van der Waals surface area contributed by atoms with E-state index in [0.717, 1.165) is 16.0 Å². The summed E-state index contributed by atoms with van der Waals surface area (Å²) in [5.41, 5.74) is 1.02. The van der Waals surface area contributed by atoms with Crippen molar-refractivity contribution in [3.8, 4) is 0 Å². The fourth-order valence-corrected chi connectivity index (χ4v) is 2.92. The Bertz CT molecular complexity index is 456. The van der Waals surface area contributed by atoms with Crippen LogP contribution in [0.5, 0.6) is 0 Å². The van der Waals surface area contributed by atoms with E-state index in [-0.39, 0.29) is 11.9 Å². The molecule has 18 heavy (non-hydrogen) atoms. The molecule has 0 amide bonds. The molecule has 1 aromatic heterocycles. The zero-order chi connectivity index (χ0) is 13.3. The van der Waals surface area contributed by atoms with Crippen molar-refractivity contribution in [3.63, 3.8) is 0 Å². The first-order chi connectivity index (χ1) is 8.54. The van der Waals surface area contributed by atoms with E-state index in [4.69, 9.17) is 4.74 Å². The standard InChI is InChI=1S/C12H18BrN3O2/c1-4-18-12(17)8-5-14-11-9(13)10(7(2)3)15-16(11)6-8/h7-8,14H,4-6H2,1-3H3.